The molecule has 1 N–H and O–H groups in total. The Hall–Kier alpha value is -1.68. The molecule has 142 valence electrons. The Morgan fingerprint density at radius 1 is 1.38 bits per heavy atom. The van der Waals surface area contributed by atoms with Crippen molar-refractivity contribution in [3.8, 4) is 6.07 Å². The van der Waals surface area contributed by atoms with Crippen LogP contribution in [0.1, 0.15) is 36.1 Å². The molecular formula is C20H30N4O2. The fraction of sp³-hybridized carbons (Fsp3) is 0.700. The number of ether oxygens (including phenoxy) is 1. The Morgan fingerprint density at radius 3 is 2.65 bits per heavy atom. The van der Waals surface area contributed by atoms with Crippen LogP contribution in [0.2, 0.25) is 0 Å². The highest BCUT2D eigenvalue weighted by Crippen LogP contribution is 2.51. The maximum atomic E-state index is 10.5. The zero-order chi connectivity index (χ0) is 18.9. The fourth-order valence-electron chi connectivity index (χ4n) is 4.31. The molecule has 1 spiro atoms. The van der Waals surface area contributed by atoms with Crippen LogP contribution in [0.5, 0.6) is 0 Å². The van der Waals surface area contributed by atoms with Gasteiger partial charge in [0.05, 0.1) is 24.4 Å². The Labute approximate surface area is 156 Å². The first-order valence-electron chi connectivity index (χ1n) is 9.45. The monoisotopic (exact) mass is 358 g/mol. The van der Waals surface area contributed by atoms with Crippen LogP contribution in [0.25, 0.3) is 0 Å². The second kappa shape index (κ2) is 7.51. The van der Waals surface area contributed by atoms with E-state index in [0.717, 1.165) is 56.0 Å². The van der Waals surface area contributed by atoms with Gasteiger partial charge in [-0.15, -0.1) is 0 Å². The highest BCUT2D eigenvalue weighted by atomic mass is 16.5. The molecule has 1 aromatic heterocycles. The van der Waals surface area contributed by atoms with Gasteiger partial charge in [-0.1, -0.05) is 0 Å². The Bertz CT molecular complexity index is 690. The molecule has 6 nitrogen and oxygen atoms in total. The molecule has 2 atom stereocenters. The topological polar surface area (TPSA) is 72.6 Å². The molecule has 1 saturated carbocycles. The van der Waals surface area contributed by atoms with E-state index in [4.69, 9.17) is 4.74 Å². The van der Waals surface area contributed by atoms with E-state index < -0.39 is 0 Å². The summed E-state index contributed by atoms with van der Waals surface area (Å²) in [5, 5.41) is 20.0. The summed E-state index contributed by atoms with van der Waals surface area (Å²) in [5.41, 5.74) is 2.45. The van der Waals surface area contributed by atoms with Gasteiger partial charge in [-0.05, 0) is 52.4 Å². The number of nitriles is 1. The van der Waals surface area contributed by atoms with Crippen molar-refractivity contribution in [2.75, 3.05) is 45.2 Å². The molecule has 1 aliphatic carbocycles. The van der Waals surface area contributed by atoms with Gasteiger partial charge in [0.15, 0.2) is 0 Å². The van der Waals surface area contributed by atoms with Crippen LogP contribution in [0.4, 0.5) is 5.82 Å². The summed E-state index contributed by atoms with van der Waals surface area (Å²) < 4.78 is 6.09. The zero-order valence-corrected chi connectivity index (χ0v) is 16.3. The minimum absolute atomic E-state index is 0.130. The van der Waals surface area contributed by atoms with Crippen molar-refractivity contribution < 1.29 is 9.84 Å². The zero-order valence-electron chi connectivity index (χ0n) is 16.3. The molecule has 1 aromatic rings. The first-order chi connectivity index (χ1) is 12.4. The highest BCUT2D eigenvalue weighted by molar-refractivity contribution is 5.58. The summed E-state index contributed by atoms with van der Waals surface area (Å²) in [5.74, 6) is 0.790. The summed E-state index contributed by atoms with van der Waals surface area (Å²) >= 11 is 0. The van der Waals surface area contributed by atoms with E-state index >= 15 is 0 Å². The van der Waals surface area contributed by atoms with Crippen molar-refractivity contribution in [2.45, 2.75) is 45.3 Å². The van der Waals surface area contributed by atoms with Gasteiger partial charge >= 0.3 is 0 Å². The summed E-state index contributed by atoms with van der Waals surface area (Å²) in [6, 6.07) is 4.27. The van der Waals surface area contributed by atoms with Crippen molar-refractivity contribution in [1.29, 1.82) is 5.26 Å². The Balaban J connectivity index is 1.68. The Morgan fingerprint density at radius 2 is 2.08 bits per heavy atom. The molecular weight excluding hydrogens is 328 g/mol. The van der Waals surface area contributed by atoms with E-state index in [9.17, 15) is 10.4 Å². The number of nitrogens with zero attached hydrogens (tertiary/aromatic N) is 4. The van der Waals surface area contributed by atoms with Gasteiger partial charge in [-0.2, -0.15) is 5.26 Å². The molecule has 1 saturated heterocycles. The molecule has 1 aliphatic heterocycles. The van der Waals surface area contributed by atoms with Crippen molar-refractivity contribution >= 4 is 5.82 Å². The van der Waals surface area contributed by atoms with E-state index in [1.807, 2.05) is 34.0 Å². The summed E-state index contributed by atoms with van der Waals surface area (Å²) in [4.78, 5) is 8.94. The first-order valence-corrected chi connectivity index (χ1v) is 9.45. The standard InChI is InChI=1S/C20H30N4O2/c1-14-11-15(2)22-19(16(14)13-21)24-7-5-20(6-8-24)17(25)12-18(20)26-10-9-23(3)4/h11,17-18,25H,5-10,12H2,1-4H3/t17-,18+/m0/s1. The van der Waals surface area contributed by atoms with Gasteiger partial charge in [0.25, 0.3) is 0 Å². The third-order valence-electron chi connectivity index (χ3n) is 6.03. The minimum atomic E-state index is -0.281. The first kappa shape index (κ1) is 19.1. The van der Waals surface area contributed by atoms with Crippen LogP contribution in [0.3, 0.4) is 0 Å². The van der Waals surface area contributed by atoms with Crippen molar-refractivity contribution in [1.82, 2.24) is 9.88 Å². The second-order valence-electron chi connectivity index (χ2n) is 8.03. The second-order valence-corrected chi connectivity index (χ2v) is 8.03. The molecule has 2 heterocycles. The van der Waals surface area contributed by atoms with Crippen LogP contribution in [0.15, 0.2) is 6.07 Å². The van der Waals surface area contributed by atoms with Gasteiger partial charge in [0.1, 0.15) is 11.9 Å². The molecule has 3 rings (SSSR count). The third kappa shape index (κ3) is 3.44. The SMILES string of the molecule is Cc1cc(C)c(C#N)c(N2CCC3(CC2)[C@@H](O)C[C@H]3OCCN(C)C)n1. The lowest BCUT2D eigenvalue weighted by atomic mass is 9.58. The number of rotatable bonds is 5. The van der Waals surface area contributed by atoms with Crippen molar-refractivity contribution in [2.24, 2.45) is 5.41 Å². The maximum Gasteiger partial charge on any atom is 0.147 e. The lowest BCUT2D eigenvalue weighted by molar-refractivity contribution is -0.202. The number of anilines is 1. The number of aliphatic hydroxyl groups is 1. The molecule has 0 unspecified atom stereocenters. The molecule has 26 heavy (non-hydrogen) atoms. The van der Waals surface area contributed by atoms with Crippen LogP contribution < -0.4 is 4.90 Å². The lowest BCUT2D eigenvalue weighted by Gasteiger charge is -2.56. The number of hydrogen-bond donors (Lipinski definition) is 1. The van der Waals surface area contributed by atoms with Crippen molar-refractivity contribution in [3.05, 3.63) is 22.9 Å². The van der Waals surface area contributed by atoms with E-state index in [1.54, 1.807) is 0 Å². The van der Waals surface area contributed by atoms with Crippen molar-refractivity contribution in [3.63, 3.8) is 0 Å². The molecule has 2 fully saturated rings. The lowest BCUT2D eigenvalue weighted by Crippen LogP contribution is -2.62. The number of piperidine rings is 1. The van der Waals surface area contributed by atoms with E-state index in [2.05, 4.69) is 20.9 Å². The van der Waals surface area contributed by atoms with Gasteiger partial charge < -0.3 is 19.6 Å². The third-order valence-corrected chi connectivity index (χ3v) is 6.03. The number of aliphatic hydroxyl groups excluding tert-OH is 1. The van der Waals surface area contributed by atoms with Gasteiger partial charge in [-0.25, -0.2) is 4.98 Å². The van der Waals surface area contributed by atoms with Crippen LogP contribution in [0, 0.1) is 30.6 Å². The molecule has 0 amide bonds. The largest absolute Gasteiger partial charge is 0.392 e. The predicted molar refractivity (Wildman–Crippen MR) is 101 cm³/mol. The summed E-state index contributed by atoms with van der Waals surface area (Å²) in [6.07, 6.45) is 2.35. The van der Waals surface area contributed by atoms with Crippen LogP contribution >= 0.6 is 0 Å². The number of aromatic nitrogens is 1. The maximum absolute atomic E-state index is 10.5. The van der Waals surface area contributed by atoms with Crippen LogP contribution in [-0.2, 0) is 4.74 Å². The number of pyridine rings is 1. The van der Waals surface area contributed by atoms with Gasteiger partial charge in [0.2, 0.25) is 0 Å². The highest BCUT2D eigenvalue weighted by Gasteiger charge is 2.56. The minimum Gasteiger partial charge on any atom is -0.392 e. The van der Waals surface area contributed by atoms with E-state index in [1.165, 1.54) is 0 Å². The predicted octanol–water partition coefficient (Wildman–Crippen LogP) is 1.87. The molecule has 0 bridgehead atoms. The van der Waals surface area contributed by atoms with Gasteiger partial charge in [-0.3, -0.25) is 0 Å². The van der Waals surface area contributed by atoms with Gasteiger partial charge in [0, 0.05) is 37.2 Å². The summed E-state index contributed by atoms with van der Waals surface area (Å²) in [6.45, 7) is 7.13. The average molecular weight is 358 g/mol. The van der Waals surface area contributed by atoms with E-state index in [-0.39, 0.29) is 17.6 Å². The number of hydrogen-bond acceptors (Lipinski definition) is 6. The molecule has 0 radical (unpaired) electrons. The molecule has 0 aromatic carbocycles. The number of aryl methyl sites for hydroxylation is 2. The fourth-order valence-corrected chi connectivity index (χ4v) is 4.31. The average Bonchev–Trinajstić information content (AvgIpc) is 2.60. The van der Waals surface area contributed by atoms with E-state index in [0.29, 0.717) is 12.2 Å². The van der Waals surface area contributed by atoms with Crippen LogP contribution in [-0.4, -0.2) is 67.5 Å². The quantitative estimate of drug-likeness (QED) is 0.866. The smallest absolute Gasteiger partial charge is 0.147 e. The normalized spacial score (nSPS) is 24.6. The Kier molecular flexibility index (Phi) is 5.52. The summed E-state index contributed by atoms with van der Waals surface area (Å²) in [7, 11) is 4.08. The molecule has 2 aliphatic rings. The molecule has 6 heteroatoms. The number of likely N-dealkylation sites (N-methyl/N-ethyl adjacent to an activating group) is 1.